The van der Waals surface area contributed by atoms with Crippen molar-refractivity contribution < 1.29 is 14.3 Å². The largest absolute Gasteiger partial charge is 0.484 e. The molecule has 0 fully saturated rings. The van der Waals surface area contributed by atoms with Crippen molar-refractivity contribution in [2.75, 3.05) is 13.7 Å². The molecule has 0 aliphatic heterocycles. The third kappa shape index (κ3) is 5.59. The summed E-state index contributed by atoms with van der Waals surface area (Å²) < 4.78 is 6.52. The van der Waals surface area contributed by atoms with Crippen LogP contribution in [0.25, 0.3) is 0 Å². The number of nitrogens with one attached hydrogen (secondary N) is 1. The van der Waals surface area contributed by atoms with Crippen LogP contribution in [-0.2, 0) is 16.1 Å². The quantitative estimate of drug-likeness (QED) is 0.750. The monoisotopic (exact) mass is 418 g/mol. The summed E-state index contributed by atoms with van der Waals surface area (Å²) in [5.41, 5.74) is 2.05. The molecule has 0 spiro atoms. The van der Waals surface area contributed by atoms with Crippen LogP contribution in [0.1, 0.15) is 18.1 Å². The van der Waals surface area contributed by atoms with Gasteiger partial charge in [0.2, 0.25) is 5.91 Å². The van der Waals surface area contributed by atoms with Crippen LogP contribution in [-0.4, -0.2) is 36.4 Å². The molecule has 0 aliphatic rings. The van der Waals surface area contributed by atoms with E-state index in [-0.39, 0.29) is 18.4 Å². The van der Waals surface area contributed by atoms with Crippen molar-refractivity contribution >= 4 is 27.7 Å². The van der Waals surface area contributed by atoms with E-state index in [4.69, 9.17) is 4.74 Å². The van der Waals surface area contributed by atoms with Gasteiger partial charge in [-0.3, -0.25) is 9.59 Å². The number of nitrogens with zero attached hydrogens (tertiary/aromatic N) is 1. The highest BCUT2D eigenvalue weighted by molar-refractivity contribution is 9.10. The number of carbonyl (C=O) groups excluding carboxylic acids is 2. The van der Waals surface area contributed by atoms with Gasteiger partial charge in [-0.05, 0) is 43.7 Å². The number of hydrogen-bond acceptors (Lipinski definition) is 3. The first-order valence-electron chi connectivity index (χ1n) is 8.35. The molecule has 1 atom stereocenters. The fraction of sp³-hybridized carbons (Fsp3) is 0.300. The van der Waals surface area contributed by atoms with Gasteiger partial charge < -0.3 is 15.0 Å². The first-order valence-corrected chi connectivity index (χ1v) is 9.15. The molecule has 0 aromatic heterocycles. The van der Waals surface area contributed by atoms with Crippen LogP contribution in [0, 0.1) is 6.92 Å². The third-order valence-electron chi connectivity index (χ3n) is 4.04. The number of rotatable bonds is 7. The molecule has 0 saturated heterocycles. The Hall–Kier alpha value is -2.34. The number of benzene rings is 2. The van der Waals surface area contributed by atoms with Crippen LogP contribution in [0.4, 0.5) is 0 Å². The van der Waals surface area contributed by atoms with Gasteiger partial charge in [0.05, 0.1) is 0 Å². The molecule has 2 aromatic rings. The van der Waals surface area contributed by atoms with Crippen LogP contribution in [0.15, 0.2) is 53.0 Å². The highest BCUT2D eigenvalue weighted by Crippen LogP contribution is 2.16. The van der Waals surface area contributed by atoms with Crippen LogP contribution in [0.5, 0.6) is 5.75 Å². The lowest BCUT2D eigenvalue weighted by molar-refractivity contribution is -0.142. The van der Waals surface area contributed by atoms with Gasteiger partial charge in [0, 0.05) is 18.1 Å². The summed E-state index contributed by atoms with van der Waals surface area (Å²) in [6.07, 6.45) is 0. The molecule has 0 saturated carbocycles. The maximum absolute atomic E-state index is 12.7. The molecule has 5 nitrogen and oxygen atoms in total. The summed E-state index contributed by atoms with van der Waals surface area (Å²) in [5.74, 6) is 0.157. The van der Waals surface area contributed by atoms with Crippen LogP contribution < -0.4 is 10.1 Å². The molecule has 0 aliphatic carbocycles. The minimum atomic E-state index is -0.604. The van der Waals surface area contributed by atoms with E-state index in [2.05, 4.69) is 21.2 Å². The van der Waals surface area contributed by atoms with E-state index in [1.807, 2.05) is 55.5 Å². The first kappa shape index (κ1) is 20.0. The molecule has 0 radical (unpaired) electrons. The zero-order valence-electron chi connectivity index (χ0n) is 15.2. The molecule has 0 bridgehead atoms. The maximum atomic E-state index is 12.7. The normalized spacial score (nSPS) is 11.5. The van der Waals surface area contributed by atoms with Crippen molar-refractivity contribution in [1.82, 2.24) is 10.2 Å². The number of amides is 2. The standard InChI is InChI=1S/C20H23BrN2O3/c1-14-7-9-18(10-8-14)26-13-19(24)23(15(2)20(25)22-3)12-16-5-4-6-17(21)11-16/h4-11,15H,12-13H2,1-3H3,(H,22,25)/t15-/m1/s1. The van der Waals surface area contributed by atoms with Gasteiger partial charge in [-0.2, -0.15) is 0 Å². The summed E-state index contributed by atoms with van der Waals surface area (Å²) in [6.45, 7) is 3.89. The fourth-order valence-corrected chi connectivity index (χ4v) is 2.93. The summed E-state index contributed by atoms with van der Waals surface area (Å²) in [4.78, 5) is 26.3. The molecule has 0 heterocycles. The first-order chi connectivity index (χ1) is 12.4. The summed E-state index contributed by atoms with van der Waals surface area (Å²) in [7, 11) is 1.56. The van der Waals surface area contributed by atoms with Crippen molar-refractivity contribution in [2.45, 2.75) is 26.4 Å². The summed E-state index contributed by atoms with van der Waals surface area (Å²) in [6, 6.07) is 14.5. The van der Waals surface area contributed by atoms with Crippen molar-refractivity contribution in [3.05, 3.63) is 64.1 Å². The predicted octanol–water partition coefficient (Wildman–Crippen LogP) is 3.30. The number of halogens is 1. The molecule has 0 unspecified atom stereocenters. The Bertz CT molecular complexity index is 762. The second-order valence-corrected chi connectivity index (χ2v) is 6.96. The van der Waals surface area contributed by atoms with E-state index in [9.17, 15) is 9.59 Å². The lowest BCUT2D eigenvalue weighted by Gasteiger charge is -2.28. The number of likely N-dealkylation sites (N-methyl/N-ethyl adjacent to an activating group) is 1. The van der Waals surface area contributed by atoms with Crippen molar-refractivity contribution in [3.63, 3.8) is 0 Å². The SMILES string of the molecule is CNC(=O)[C@@H](C)N(Cc1cccc(Br)c1)C(=O)COc1ccc(C)cc1. The Balaban J connectivity index is 2.12. The van der Waals surface area contributed by atoms with Gasteiger partial charge in [-0.1, -0.05) is 45.8 Å². The van der Waals surface area contributed by atoms with Crippen LogP contribution in [0.3, 0.4) is 0 Å². The van der Waals surface area contributed by atoms with E-state index < -0.39 is 6.04 Å². The van der Waals surface area contributed by atoms with E-state index in [1.54, 1.807) is 14.0 Å². The van der Waals surface area contributed by atoms with Gasteiger partial charge in [0.15, 0.2) is 6.61 Å². The molecule has 138 valence electrons. The fourth-order valence-electron chi connectivity index (χ4n) is 2.49. The lowest BCUT2D eigenvalue weighted by atomic mass is 10.1. The molecule has 2 aromatic carbocycles. The zero-order chi connectivity index (χ0) is 19.1. The Labute approximate surface area is 162 Å². The topological polar surface area (TPSA) is 58.6 Å². The lowest BCUT2D eigenvalue weighted by Crippen LogP contribution is -2.48. The van der Waals surface area contributed by atoms with Gasteiger partial charge in [0.25, 0.3) is 5.91 Å². The average Bonchev–Trinajstić information content (AvgIpc) is 2.64. The van der Waals surface area contributed by atoms with E-state index in [0.29, 0.717) is 12.3 Å². The van der Waals surface area contributed by atoms with Gasteiger partial charge in [-0.25, -0.2) is 0 Å². The average molecular weight is 419 g/mol. The molecule has 6 heteroatoms. The second kappa shape index (κ2) is 9.38. The Morgan fingerprint density at radius 2 is 1.88 bits per heavy atom. The Morgan fingerprint density at radius 3 is 2.50 bits per heavy atom. The third-order valence-corrected chi connectivity index (χ3v) is 4.53. The molecule has 2 amide bonds. The van der Waals surface area contributed by atoms with E-state index in [1.165, 1.54) is 4.90 Å². The summed E-state index contributed by atoms with van der Waals surface area (Å²) >= 11 is 3.43. The van der Waals surface area contributed by atoms with Crippen molar-refractivity contribution in [2.24, 2.45) is 0 Å². The minimum Gasteiger partial charge on any atom is -0.484 e. The number of ether oxygens (including phenoxy) is 1. The Kier molecular flexibility index (Phi) is 7.21. The van der Waals surface area contributed by atoms with Crippen molar-refractivity contribution in [3.8, 4) is 5.75 Å². The van der Waals surface area contributed by atoms with Gasteiger partial charge in [-0.15, -0.1) is 0 Å². The molecule has 2 rings (SSSR count). The van der Waals surface area contributed by atoms with Gasteiger partial charge >= 0.3 is 0 Å². The highest BCUT2D eigenvalue weighted by atomic mass is 79.9. The molecule has 26 heavy (non-hydrogen) atoms. The molecular weight excluding hydrogens is 396 g/mol. The number of aryl methyl sites for hydroxylation is 1. The smallest absolute Gasteiger partial charge is 0.261 e. The maximum Gasteiger partial charge on any atom is 0.261 e. The van der Waals surface area contributed by atoms with Crippen LogP contribution >= 0.6 is 15.9 Å². The number of carbonyl (C=O) groups is 2. The summed E-state index contributed by atoms with van der Waals surface area (Å²) in [5, 5.41) is 2.59. The van der Waals surface area contributed by atoms with Gasteiger partial charge in [0.1, 0.15) is 11.8 Å². The highest BCUT2D eigenvalue weighted by Gasteiger charge is 2.25. The van der Waals surface area contributed by atoms with Crippen molar-refractivity contribution in [1.29, 1.82) is 0 Å². The number of hydrogen-bond donors (Lipinski definition) is 1. The van der Waals surface area contributed by atoms with Crippen LogP contribution in [0.2, 0.25) is 0 Å². The van der Waals surface area contributed by atoms with E-state index >= 15 is 0 Å². The predicted molar refractivity (Wildman–Crippen MR) is 105 cm³/mol. The molecule has 1 N–H and O–H groups in total. The van der Waals surface area contributed by atoms with E-state index in [0.717, 1.165) is 15.6 Å². The minimum absolute atomic E-state index is 0.127. The Morgan fingerprint density at radius 1 is 1.19 bits per heavy atom. The molecular formula is C20H23BrN2O3. The zero-order valence-corrected chi connectivity index (χ0v) is 16.7. The second-order valence-electron chi connectivity index (χ2n) is 6.04.